The molecule has 0 bridgehead atoms. The molecule has 30 heavy (non-hydrogen) atoms. The van der Waals surface area contributed by atoms with E-state index in [-0.39, 0.29) is 12.1 Å². The Kier molecular flexibility index (Phi) is 4.60. The third-order valence-corrected chi connectivity index (χ3v) is 5.58. The summed E-state index contributed by atoms with van der Waals surface area (Å²) in [6, 6.07) is 16.9. The van der Waals surface area contributed by atoms with Gasteiger partial charge in [-0.05, 0) is 36.9 Å². The minimum Gasteiger partial charge on any atom is -0.292 e. The Labute approximate surface area is 175 Å². The minimum atomic E-state index is -0.168. The van der Waals surface area contributed by atoms with Gasteiger partial charge in [0.05, 0.1) is 23.0 Å². The maximum Gasteiger partial charge on any atom is 0.275 e. The lowest BCUT2D eigenvalue weighted by Gasteiger charge is -2.18. The number of nitrogens with one attached hydrogen (secondary N) is 1. The first-order valence-corrected chi connectivity index (χ1v) is 10.0. The molecule has 2 aromatic heterocycles. The molecule has 0 amide bonds. The number of allylic oxidation sites excluding steroid dienone is 1. The zero-order valence-corrected chi connectivity index (χ0v) is 16.7. The van der Waals surface area contributed by atoms with Gasteiger partial charge in [0.2, 0.25) is 5.16 Å². The van der Waals surface area contributed by atoms with E-state index in [0.29, 0.717) is 21.4 Å². The molecule has 5 rings (SSSR count). The summed E-state index contributed by atoms with van der Waals surface area (Å²) >= 11 is 1.36. The zero-order chi connectivity index (χ0) is 20.5. The molecule has 4 aromatic rings. The number of azo groups is 1. The van der Waals surface area contributed by atoms with Crippen molar-refractivity contribution >= 4 is 28.2 Å². The van der Waals surface area contributed by atoms with Crippen LogP contribution >= 0.6 is 11.8 Å². The van der Waals surface area contributed by atoms with Crippen LogP contribution in [0.4, 0.5) is 5.69 Å². The molecule has 10 heteroatoms. The second-order valence-corrected chi connectivity index (χ2v) is 7.56. The van der Waals surface area contributed by atoms with Gasteiger partial charge in [-0.15, -0.1) is 20.4 Å². The molecule has 9 nitrogen and oxygen atoms in total. The van der Waals surface area contributed by atoms with Crippen LogP contribution in [0.2, 0.25) is 0 Å². The molecular formula is C20H16N8OS. The third-order valence-electron chi connectivity index (χ3n) is 4.55. The molecule has 2 aromatic carbocycles. The number of hydrogen-bond acceptors (Lipinski definition) is 8. The lowest BCUT2D eigenvalue weighted by molar-refractivity contribution is 0.597. The highest BCUT2D eigenvalue weighted by Crippen LogP contribution is 2.33. The number of rotatable bonds is 4. The van der Waals surface area contributed by atoms with E-state index in [4.69, 9.17) is 0 Å². The molecular weight excluding hydrogens is 400 g/mol. The SMILES string of the molecule is CC1=C(/N=N/c2ccccc2)Sc2nnc(Cn3ncc4ccccc4c3=O)n2N1. The van der Waals surface area contributed by atoms with Gasteiger partial charge in [-0.25, -0.2) is 9.36 Å². The van der Waals surface area contributed by atoms with Crippen LogP contribution in [-0.2, 0) is 6.54 Å². The molecule has 1 aliphatic heterocycles. The summed E-state index contributed by atoms with van der Waals surface area (Å²) in [5.41, 5.74) is 4.64. The van der Waals surface area contributed by atoms with E-state index in [1.165, 1.54) is 16.4 Å². The van der Waals surface area contributed by atoms with E-state index >= 15 is 0 Å². The largest absolute Gasteiger partial charge is 0.292 e. The van der Waals surface area contributed by atoms with Crippen molar-refractivity contribution in [1.29, 1.82) is 0 Å². The quantitative estimate of drug-likeness (QED) is 0.510. The van der Waals surface area contributed by atoms with E-state index in [1.807, 2.05) is 55.5 Å². The minimum absolute atomic E-state index is 0.168. The highest BCUT2D eigenvalue weighted by Gasteiger charge is 2.22. The lowest BCUT2D eigenvalue weighted by Crippen LogP contribution is -2.27. The topological polar surface area (TPSA) is 102 Å². The Hall–Kier alpha value is -3.79. The number of fused-ring (bicyclic) bond motifs is 2. The predicted octanol–water partition coefficient (Wildman–Crippen LogP) is 3.66. The Morgan fingerprint density at radius 3 is 2.70 bits per heavy atom. The summed E-state index contributed by atoms with van der Waals surface area (Å²) in [7, 11) is 0. The van der Waals surface area contributed by atoms with Crippen molar-refractivity contribution in [1.82, 2.24) is 24.7 Å². The van der Waals surface area contributed by atoms with Crippen molar-refractivity contribution in [3.8, 4) is 0 Å². The van der Waals surface area contributed by atoms with Gasteiger partial charge in [0.1, 0.15) is 11.6 Å². The van der Waals surface area contributed by atoms with Crippen molar-refractivity contribution in [2.24, 2.45) is 10.2 Å². The van der Waals surface area contributed by atoms with E-state index < -0.39 is 0 Å². The van der Waals surface area contributed by atoms with Gasteiger partial charge in [0, 0.05) is 5.39 Å². The van der Waals surface area contributed by atoms with Crippen LogP contribution in [0.25, 0.3) is 10.8 Å². The van der Waals surface area contributed by atoms with Crippen molar-refractivity contribution in [3.05, 3.63) is 87.7 Å². The van der Waals surface area contributed by atoms with E-state index in [0.717, 1.165) is 16.8 Å². The third kappa shape index (κ3) is 3.37. The first kappa shape index (κ1) is 18.3. The highest BCUT2D eigenvalue weighted by atomic mass is 32.2. The Morgan fingerprint density at radius 1 is 1.03 bits per heavy atom. The second kappa shape index (κ2) is 7.56. The van der Waals surface area contributed by atoms with Crippen LogP contribution in [0.5, 0.6) is 0 Å². The molecule has 0 saturated carbocycles. The molecule has 0 radical (unpaired) electrons. The molecule has 0 fully saturated rings. The van der Waals surface area contributed by atoms with Crippen molar-refractivity contribution in [2.45, 2.75) is 18.6 Å². The van der Waals surface area contributed by atoms with Crippen LogP contribution in [-0.4, -0.2) is 24.7 Å². The number of hydrogen-bond donors (Lipinski definition) is 1. The summed E-state index contributed by atoms with van der Waals surface area (Å²) < 4.78 is 3.13. The lowest BCUT2D eigenvalue weighted by atomic mass is 10.2. The molecule has 148 valence electrons. The van der Waals surface area contributed by atoms with Crippen LogP contribution in [0, 0.1) is 0 Å². The Morgan fingerprint density at radius 2 is 1.83 bits per heavy atom. The zero-order valence-electron chi connectivity index (χ0n) is 15.9. The molecule has 1 aliphatic rings. The van der Waals surface area contributed by atoms with Gasteiger partial charge in [-0.2, -0.15) is 5.10 Å². The average Bonchev–Trinajstić information content (AvgIpc) is 3.16. The highest BCUT2D eigenvalue weighted by molar-refractivity contribution is 8.03. The molecule has 0 unspecified atom stereocenters. The fourth-order valence-electron chi connectivity index (χ4n) is 3.03. The van der Waals surface area contributed by atoms with Crippen molar-refractivity contribution < 1.29 is 0 Å². The van der Waals surface area contributed by atoms with Crippen molar-refractivity contribution in [3.63, 3.8) is 0 Å². The van der Waals surface area contributed by atoms with Gasteiger partial charge in [-0.3, -0.25) is 10.2 Å². The van der Waals surface area contributed by atoms with Gasteiger partial charge in [-0.1, -0.05) is 36.4 Å². The summed E-state index contributed by atoms with van der Waals surface area (Å²) in [4.78, 5) is 12.7. The predicted molar refractivity (Wildman–Crippen MR) is 114 cm³/mol. The average molecular weight is 416 g/mol. The summed E-state index contributed by atoms with van der Waals surface area (Å²) in [5.74, 6) is 0.570. The number of thioether (sulfide) groups is 1. The van der Waals surface area contributed by atoms with Crippen LogP contribution in [0.3, 0.4) is 0 Å². The van der Waals surface area contributed by atoms with Gasteiger partial charge in [0.25, 0.3) is 5.56 Å². The van der Waals surface area contributed by atoms with E-state index in [1.54, 1.807) is 16.9 Å². The molecule has 0 atom stereocenters. The van der Waals surface area contributed by atoms with E-state index in [2.05, 4.69) is 31.0 Å². The van der Waals surface area contributed by atoms with Crippen LogP contribution in [0.1, 0.15) is 12.7 Å². The van der Waals surface area contributed by atoms with Crippen LogP contribution in [0.15, 0.2) is 91.7 Å². The molecule has 0 aliphatic carbocycles. The Bertz CT molecular complexity index is 1360. The van der Waals surface area contributed by atoms with Gasteiger partial charge < -0.3 is 0 Å². The first-order chi connectivity index (χ1) is 14.7. The molecule has 3 heterocycles. The first-order valence-electron chi connectivity index (χ1n) is 9.21. The monoisotopic (exact) mass is 416 g/mol. The normalized spacial score (nSPS) is 13.6. The Balaban J connectivity index is 1.41. The summed E-state index contributed by atoms with van der Waals surface area (Å²) in [6.45, 7) is 2.10. The van der Waals surface area contributed by atoms with E-state index in [9.17, 15) is 4.79 Å². The summed E-state index contributed by atoms with van der Waals surface area (Å²) in [5, 5.41) is 24.1. The maximum atomic E-state index is 12.7. The number of aromatic nitrogens is 5. The van der Waals surface area contributed by atoms with Gasteiger partial charge >= 0.3 is 0 Å². The molecule has 0 saturated heterocycles. The second-order valence-electron chi connectivity index (χ2n) is 6.61. The van der Waals surface area contributed by atoms with Crippen molar-refractivity contribution in [2.75, 3.05) is 5.43 Å². The van der Waals surface area contributed by atoms with Crippen LogP contribution < -0.4 is 11.0 Å². The van der Waals surface area contributed by atoms with Gasteiger partial charge in [0.15, 0.2) is 5.82 Å². The maximum absolute atomic E-state index is 12.7. The smallest absolute Gasteiger partial charge is 0.275 e. The number of nitrogens with zero attached hydrogens (tertiary/aromatic N) is 7. The summed E-state index contributed by atoms with van der Waals surface area (Å²) in [6.07, 6.45) is 1.68. The molecule has 0 spiro atoms. The number of benzene rings is 2. The fourth-order valence-corrected chi connectivity index (χ4v) is 3.80. The fraction of sp³-hybridized carbons (Fsp3) is 0.100. The molecule has 1 N–H and O–H groups in total. The standard InChI is InChI=1S/C20H16N8OS/c1-13-18(24-22-15-8-3-2-4-9-15)30-20-25-23-17(28(20)26-13)12-27-19(29)16-10-6-5-7-14(16)11-21-27/h2-11,26H,12H2,1H3/b24-22+.